The Balaban J connectivity index is 1.29. The van der Waals surface area contributed by atoms with Crippen LogP contribution in [-0.2, 0) is 6.61 Å². The average Bonchev–Trinajstić information content (AvgIpc) is 3.10. The first-order valence-corrected chi connectivity index (χ1v) is 10.3. The number of fused-ring (bicyclic) bond motifs is 1. The zero-order chi connectivity index (χ0) is 19.3. The highest BCUT2D eigenvalue weighted by molar-refractivity contribution is 7.80. The highest BCUT2D eigenvalue weighted by Crippen LogP contribution is 2.20. The van der Waals surface area contributed by atoms with Crippen LogP contribution >= 0.6 is 12.2 Å². The van der Waals surface area contributed by atoms with E-state index in [2.05, 4.69) is 39.7 Å². The van der Waals surface area contributed by atoms with Crippen molar-refractivity contribution in [2.45, 2.75) is 51.7 Å². The van der Waals surface area contributed by atoms with E-state index in [1.807, 2.05) is 30.3 Å². The summed E-state index contributed by atoms with van der Waals surface area (Å²) >= 11 is 5.44. The second kappa shape index (κ2) is 8.61. The molecule has 0 aliphatic heterocycles. The van der Waals surface area contributed by atoms with Gasteiger partial charge in [0.05, 0.1) is 11.0 Å². The maximum Gasteiger partial charge on any atom is 0.170 e. The molecule has 0 saturated heterocycles. The van der Waals surface area contributed by atoms with Crippen molar-refractivity contribution in [2.24, 2.45) is 0 Å². The number of aryl methyl sites for hydroxylation is 1. The summed E-state index contributed by atoms with van der Waals surface area (Å²) in [5.41, 5.74) is 4.17. The molecule has 28 heavy (non-hydrogen) atoms. The van der Waals surface area contributed by atoms with Gasteiger partial charge in [0.2, 0.25) is 0 Å². The van der Waals surface area contributed by atoms with E-state index in [-0.39, 0.29) is 0 Å². The molecule has 1 aliphatic carbocycles. The van der Waals surface area contributed by atoms with Crippen LogP contribution in [0.3, 0.4) is 0 Å². The Morgan fingerprint density at radius 2 is 1.93 bits per heavy atom. The summed E-state index contributed by atoms with van der Waals surface area (Å²) in [5.74, 6) is 1.62. The SMILES string of the molecule is Cc1ccc2nc(COc3ccc(NC(=S)NC4CCCCC4)cc3)[nH]c2c1. The molecule has 1 aliphatic rings. The van der Waals surface area contributed by atoms with Crippen LogP contribution in [-0.4, -0.2) is 21.1 Å². The van der Waals surface area contributed by atoms with E-state index in [0.717, 1.165) is 28.3 Å². The third kappa shape index (κ3) is 4.81. The van der Waals surface area contributed by atoms with Crippen molar-refractivity contribution < 1.29 is 4.74 Å². The number of rotatable bonds is 5. The quantitative estimate of drug-likeness (QED) is 0.528. The van der Waals surface area contributed by atoms with Crippen molar-refractivity contribution in [1.29, 1.82) is 0 Å². The van der Waals surface area contributed by atoms with Gasteiger partial charge in [-0.2, -0.15) is 0 Å². The fourth-order valence-electron chi connectivity index (χ4n) is 3.63. The van der Waals surface area contributed by atoms with E-state index in [1.54, 1.807) is 0 Å². The second-order valence-corrected chi connectivity index (χ2v) is 7.86. The topological polar surface area (TPSA) is 62.0 Å². The number of H-pyrrole nitrogens is 1. The van der Waals surface area contributed by atoms with E-state index in [1.165, 1.54) is 37.7 Å². The number of aromatic nitrogens is 2. The maximum absolute atomic E-state index is 5.86. The first-order valence-electron chi connectivity index (χ1n) is 9.91. The molecule has 1 fully saturated rings. The van der Waals surface area contributed by atoms with Gasteiger partial charge in [0.1, 0.15) is 18.2 Å². The van der Waals surface area contributed by atoms with Gasteiger partial charge in [0, 0.05) is 11.7 Å². The van der Waals surface area contributed by atoms with Crippen molar-refractivity contribution in [3.8, 4) is 5.75 Å². The zero-order valence-electron chi connectivity index (χ0n) is 16.1. The number of thiocarbonyl (C=S) groups is 1. The van der Waals surface area contributed by atoms with Crippen LogP contribution in [0.4, 0.5) is 5.69 Å². The molecule has 3 N–H and O–H groups in total. The predicted molar refractivity (Wildman–Crippen MR) is 118 cm³/mol. The number of imidazole rings is 1. The fourth-order valence-corrected chi connectivity index (χ4v) is 3.91. The minimum atomic E-state index is 0.405. The lowest BCUT2D eigenvalue weighted by atomic mass is 9.96. The Hall–Kier alpha value is -2.60. The lowest BCUT2D eigenvalue weighted by Gasteiger charge is -2.24. The zero-order valence-corrected chi connectivity index (χ0v) is 16.9. The summed E-state index contributed by atoms with van der Waals surface area (Å²) in [7, 11) is 0. The highest BCUT2D eigenvalue weighted by Gasteiger charge is 2.14. The monoisotopic (exact) mass is 394 g/mol. The Kier molecular flexibility index (Phi) is 5.76. The van der Waals surface area contributed by atoms with Gasteiger partial charge in [-0.15, -0.1) is 0 Å². The summed E-state index contributed by atoms with van der Waals surface area (Å²) in [6.45, 7) is 2.48. The van der Waals surface area contributed by atoms with Crippen LogP contribution in [0, 0.1) is 6.92 Å². The van der Waals surface area contributed by atoms with Crippen molar-refractivity contribution >= 4 is 34.1 Å². The lowest BCUT2D eigenvalue weighted by molar-refractivity contribution is 0.297. The Labute approximate surface area is 170 Å². The molecule has 5 nitrogen and oxygen atoms in total. The van der Waals surface area contributed by atoms with Crippen LogP contribution in [0.5, 0.6) is 5.75 Å². The molecule has 1 heterocycles. The fraction of sp³-hybridized carbons (Fsp3) is 0.364. The molecule has 0 unspecified atom stereocenters. The standard InChI is InChI=1S/C22H26N4OS/c1-15-7-12-19-20(13-15)26-21(25-19)14-27-18-10-8-17(9-11-18)24-22(28)23-16-5-3-2-4-6-16/h7-13,16H,2-6,14H2,1H3,(H,25,26)(H2,23,24,28). The molecule has 146 valence electrons. The van der Waals surface area contributed by atoms with E-state index in [4.69, 9.17) is 17.0 Å². The van der Waals surface area contributed by atoms with Gasteiger partial charge >= 0.3 is 0 Å². The molecule has 3 aromatic rings. The normalized spacial score (nSPS) is 14.8. The number of aromatic amines is 1. The molecule has 0 spiro atoms. The number of nitrogens with one attached hydrogen (secondary N) is 3. The molecule has 0 radical (unpaired) electrons. The second-order valence-electron chi connectivity index (χ2n) is 7.45. The molecule has 6 heteroatoms. The van der Waals surface area contributed by atoms with Gasteiger partial charge in [-0.1, -0.05) is 25.3 Å². The molecule has 0 bridgehead atoms. The van der Waals surface area contributed by atoms with Crippen LogP contribution in [0.25, 0.3) is 11.0 Å². The number of nitrogens with zero attached hydrogens (tertiary/aromatic N) is 1. The first-order chi connectivity index (χ1) is 13.7. The predicted octanol–water partition coefficient (Wildman–Crippen LogP) is 5.07. The Bertz CT molecular complexity index is 945. The third-order valence-electron chi connectivity index (χ3n) is 5.11. The van der Waals surface area contributed by atoms with Gasteiger partial charge in [-0.3, -0.25) is 0 Å². The first kappa shape index (κ1) is 18.7. The van der Waals surface area contributed by atoms with Gasteiger partial charge < -0.3 is 20.4 Å². The summed E-state index contributed by atoms with van der Waals surface area (Å²) in [6.07, 6.45) is 6.33. The van der Waals surface area contributed by atoms with Crippen molar-refractivity contribution in [3.05, 3.63) is 53.9 Å². The van der Waals surface area contributed by atoms with E-state index < -0.39 is 0 Å². The average molecular weight is 395 g/mol. The van der Waals surface area contributed by atoms with Crippen LogP contribution in [0.2, 0.25) is 0 Å². The summed E-state index contributed by atoms with van der Waals surface area (Å²) in [6, 6.07) is 14.5. The third-order valence-corrected chi connectivity index (χ3v) is 5.33. The largest absolute Gasteiger partial charge is 0.486 e. The van der Waals surface area contributed by atoms with Gasteiger partial charge in [0.15, 0.2) is 5.11 Å². The number of anilines is 1. The summed E-state index contributed by atoms with van der Waals surface area (Å²) in [5, 5.41) is 7.37. The van der Waals surface area contributed by atoms with E-state index in [0.29, 0.717) is 17.8 Å². The van der Waals surface area contributed by atoms with Crippen LogP contribution in [0.1, 0.15) is 43.5 Å². The highest BCUT2D eigenvalue weighted by atomic mass is 32.1. The van der Waals surface area contributed by atoms with E-state index in [9.17, 15) is 0 Å². The number of hydrogen-bond acceptors (Lipinski definition) is 3. The number of benzene rings is 2. The number of hydrogen-bond donors (Lipinski definition) is 3. The minimum Gasteiger partial charge on any atom is -0.486 e. The molecule has 4 rings (SSSR count). The molecule has 0 amide bonds. The van der Waals surface area contributed by atoms with Crippen molar-refractivity contribution in [2.75, 3.05) is 5.32 Å². The molecule has 1 aromatic heterocycles. The minimum absolute atomic E-state index is 0.405. The van der Waals surface area contributed by atoms with Gasteiger partial charge in [-0.25, -0.2) is 4.98 Å². The van der Waals surface area contributed by atoms with Gasteiger partial charge in [0.25, 0.3) is 0 Å². The smallest absolute Gasteiger partial charge is 0.170 e. The van der Waals surface area contributed by atoms with Crippen LogP contribution < -0.4 is 15.4 Å². The van der Waals surface area contributed by atoms with Crippen molar-refractivity contribution in [3.63, 3.8) is 0 Å². The summed E-state index contributed by atoms with van der Waals surface area (Å²) in [4.78, 5) is 7.87. The lowest BCUT2D eigenvalue weighted by Crippen LogP contribution is -2.38. The molecule has 2 aromatic carbocycles. The number of ether oxygens (including phenoxy) is 1. The molecular weight excluding hydrogens is 368 g/mol. The van der Waals surface area contributed by atoms with Gasteiger partial charge in [-0.05, 0) is 73.9 Å². The Morgan fingerprint density at radius 3 is 2.71 bits per heavy atom. The van der Waals surface area contributed by atoms with E-state index >= 15 is 0 Å². The molecule has 1 saturated carbocycles. The van der Waals surface area contributed by atoms with Crippen LogP contribution in [0.15, 0.2) is 42.5 Å². The Morgan fingerprint density at radius 1 is 1.14 bits per heavy atom. The maximum atomic E-state index is 5.86. The van der Waals surface area contributed by atoms with Crippen molar-refractivity contribution in [1.82, 2.24) is 15.3 Å². The molecular formula is C22H26N4OS. The summed E-state index contributed by atoms with van der Waals surface area (Å²) < 4.78 is 5.86. The molecule has 0 atom stereocenters.